The molecule has 0 bridgehead atoms. The lowest BCUT2D eigenvalue weighted by Crippen LogP contribution is -2.17. The van der Waals surface area contributed by atoms with Crippen LogP contribution in [0.3, 0.4) is 0 Å². The highest BCUT2D eigenvalue weighted by Crippen LogP contribution is 2.32. The van der Waals surface area contributed by atoms with E-state index in [1.54, 1.807) is 0 Å². The average molecular weight is 396 g/mol. The van der Waals surface area contributed by atoms with Crippen molar-refractivity contribution >= 4 is 12.2 Å². The molecule has 1 atom stereocenters. The van der Waals surface area contributed by atoms with Gasteiger partial charge in [-0.3, -0.25) is 4.98 Å². The summed E-state index contributed by atoms with van der Waals surface area (Å²) in [4.78, 5) is 13.9. The van der Waals surface area contributed by atoms with Crippen molar-refractivity contribution in [2.24, 2.45) is 0 Å². The normalized spacial score (nSPS) is 16.1. The Morgan fingerprint density at radius 2 is 1.87 bits per heavy atom. The maximum atomic E-state index is 4.84. The molecule has 0 amide bonds. The monoisotopic (exact) mass is 396 g/mol. The Morgan fingerprint density at radius 1 is 1.00 bits per heavy atom. The minimum atomic E-state index is 0.313. The van der Waals surface area contributed by atoms with E-state index in [1.165, 1.54) is 5.56 Å². The molecule has 0 unspecified atom stereocenters. The van der Waals surface area contributed by atoms with Crippen molar-refractivity contribution in [1.82, 2.24) is 29.3 Å². The molecule has 3 aromatic heterocycles. The third kappa shape index (κ3) is 3.56. The molecule has 6 heteroatoms. The first-order valence-electron chi connectivity index (χ1n) is 10.3. The Morgan fingerprint density at radius 3 is 2.63 bits per heavy atom. The Labute approximate surface area is 176 Å². The van der Waals surface area contributed by atoms with Crippen molar-refractivity contribution in [3.8, 4) is 5.69 Å². The molecule has 0 spiro atoms. The summed E-state index contributed by atoms with van der Waals surface area (Å²) in [5, 5.41) is 4.71. The number of benzene rings is 1. The summed E-state index contributed by atoms with van der Waals surface area (Å²) in [6.07, 6.45) is 9.99. The maximum Gasteiger partial charge on any atom is 0.174 e. The first-order valence-corrected chi connectivity index (χ1v) is 10.3. The number of hydrogen-bond donors (Lipinski definition) is 0. The van der Waals surface area contributed by atoms with Crippen LogP contribution < -0.4 is 0 Å². The van der Waals surface area contributed by atoms with Crippen molar-refractivity contribution in [2.75, 3.05) is 0 Å². The lowest BCUT2D eigenvalue weighted by Gasteiger charge is -2.22. The van der Waals surface area contributed by atoms with Crippen LogP contribution in [0.15, 0.2) is 55.0 Å². The molecule has 0 fully saturated rings. The summed E-state index contributed by atoms with van der Waals surface area (Å²) >= 11 is 0. The molecular weight excluding hydrogens is 372 g/mol. The van der Waals surface area contributed by atoms with Gasteiger partial charge in [0.15, 0.2) is 5.82 Å². The SMILES string of the molecule is Cc1cn(-c2ccc(/C=C/c3nc4n(n3)CCC[C@@H]4c3ccccc3)nc2C)cn1. The van der Waals surface area contributed by atoms with Gasteiger partial charge < -0.3 is 4.57 Å². The standard InChI is InChI=1S/C24H24N6/c1-17-15-29(16-25-17)22-12-10-20(26-18(22)2)11-13-23-27-24-21(9-6-14-30(24)28-23)19-7-4-3-5-8-19/h3-5,7-8,10-13,15-16,21H,6,9,14H2,1-2H3/b13-11+/t21-/m1/s1. The Hall–Kier alpha value is -3.54. The lowest BCUT2D eigenvalue weighted by molar-refractivity contribution is 0.445. The molecule has 4 aromatic rings. The van der Waals surface area contributed by atoms with Gasteiger partial charge in [-0.25, -0.2) is 14.6 Å². The highest BCUT2D eigenvalue weighted by atomic mass is 15.4. The fourth-order valence-corrected chi connectivity index (χ4v) is 4.09. The number of pyridine rings is 1. The second-order valence-corrected chi connectivity index (χ2v) is 7.75. The summed E-state index contributed by atoms with van der Waals surface area (Å²) in [5.41, 5.74) is 5.18. The molecule has 150 valence electrons. The number of nitrogens with zero attached hydrogens (tertiary/aromatic N) is 6. The zero-order valence-electron chi connectivity index (χ0n) is 17.2. The van der Waals surface area contributed by atoms with Crippen LogP contribution in [0.25, 0.3) is 17.8 Å². The van der Waals surface area contributed by atoms with Crippen molar-refractivity contribution < 1.29 is 0 Å². The molecule has 5 rings (SSSR count). The van der Waals surface area contributed by atoms with E-state index < -0.39 is 0 Å². The Kier molecular flexibility index (Phi) is 4.75. The molecule has 6 nitrogen and oxygen atoms in total. The number of hydrogen-bond acceptors (Lipinski definition) is 4. The lowest BCUT2D eigenvalue weighted by atomic mass is 9.91. The topological polar surface area (TPSA) is 61.4 Å². The molecule has 1 aromatic carbocycles. The van der Waals surface area contributed by atoms with E-state index in [-0.39, 0.29) is 0 Å². The zero-order chi connectivity index (χ0) is 20.5. The van der Waals surface area contributed by atoms with E-state index in [0.717, 1.165) is 53.8 Å². The van der Waals surface area contributed by atoms with Crippen molar-refractivity contribution in [3.05, 3.63) is 89.3 Å². The summed E-state index contributed by atoms with van der Waals surface area (Å²) in [6.45, 7) is 4.92. The molecule has 30 heavy (non-hydrogen) atoms. The van der Waals surface area contributed by atoms with Gasteiger partial charge in [-0.1, -0.05) is 30.3 Å². The summed E-state index contributed by atoms with van der Waals surface area (Å²) < 4.78 is 4.06. The number of fused-ring (bicyclic) bond motifs is 1. The number of aryl methyl sites for hydroxylation is 3. The van der Waals surface area contributed by atoms with Crippen LogP contribution in [0.1, 0.15) is 53.1 Å². The largest absolute Gasteiger partial charge is 0.304 e. The minimum Gasteiger partial charge on any atom is -0.304 e. The quantitative estimate of drug-likeness (QED) is 0.507. The second kappa shape index (κ2) is 7.71. The van der Waals surface area contributed by atoms with E-state index in [1.807, 2.05) is 49.2 Å². The molecule has 1 aliphatic rings. The third-order valence-electron chi connectivity index (χ3n) is 5.57. The first-order chi connectivity index (χ1) is 14.7. The van der Waals surface area contributed by atoms with E-state index in [9.17, 15) is 0 Å². The fraction of sp³-hybridized carbons (Fsp3) is 0.250. The second-order valence-electron chi connectivity index (χ2n) is 7.75. The molecular formula is C24H24N6. The number of rotatable bonds is 4. The van der Waals surface area contributed by atoms with E-state index in [0.29, 0.717) is 5.92 Å². The van der Waals surface area contributed by atoms with Gasteiger partial charge >= 0.3 is 0 Å². The molecule has 0 N–H and O–H groups in total. The van der Waals surface area contributed by atoms with E-state index >= 15 is 0 Å². The molecule has 0 aliphatic carbocycles. The number of aromatic nitrogens is 6. The zero-order valence-corrected chi connectivity index (χ0v) is 17.2. The number of imidazole rings is 1. The van der Waals surface area contributed by atoms with Crippen LogP contribution in [0, 0.1) is 13.8 Å². The molecule has 4 heterocycles. The van der Waals surface area contributed by atoms with Crippen molar-refractivity contribution in [1.29, 1.82) is 0 Å². The summed E-state index contributed by atoms with van der Waals surface area (Å²) in [7, 11) is 0. The van der Waals surface area contributed by atoms with Crippen molar-refractivity contribution in [2.45, 2.75) is 39.2 Å². The third-order valence-corrected chi connectivity index (χ3v) is 5.57. The summed E-state index contributed by atoms with van der Waals surface area (Å²) in [5.74, 6) is 2.11. The maximum absolute atomic E-state index is 4.84. The van der Waals surface area contributed by atoms with Gasteiger partial charge in [0.2, 0.25) is 0 Å². The van der Waals surface area contributed by atoms with Gasteiger partial charge in [-0.15, -0.1) is 0 Å². The molecule has 0 radical (unpaired) electrons. The predicted octanol–water partition coefficient (Wildman–Crippen LogP) is 4.57. The molecule has 1 aliphatic heterocycles. The van der Waals surface area contributed by atoms with Gasteiger partial charge in [0, 0.05) is 18.7 Å². The van der Waals surface area contributed by atoms with Crippen molar-refractivity contribution in [3.63, 3.8) is 0 Å². The van der Waals surface area contributed by atoms with Crippen LogP contribution in [-0.2, 0) is 6.54 Å². The van der Waals surface area contributed by atoms with E-state index in [2.05, 4.69) is 46.1 Å². The van der Waals surface area contributed by atoms with Gasteiger partial charge in [0.05, 0.1) is 29.1 Å². The van der Waals surface area contributed by atoms with Gasteiger partial charge in [-0.05, 0) is 56.5 Å². The van der Waals surface area contributed by atoms with Gasteiger partial charge in [0.1, 0.15) is 5.82 Å². The van der Waals surface area contributed by atoms with Crippen LogP contribution >= 0.6 is 0 Å². The Balaban J connectivity index is 1.39. The van der Waals surface area contributed by atoms with Gasteiger partial charge in [-0.2, -0.15) is 5.10 Å². The highest BCUT2D eigenvalue weighted by molar-refractivity contribution is 5.65. The highest BCUT2D eigenvalue weighted by Gasteiger charge is 2.25. The molecule has 0 saturated heterocycles. The van der Waals surface area contributed by atoms with Crippen LogP contribution in [0.4, 0.5) is 0 Å². The smallest absolute Gasteiger partial charge is 0.174 e. The Bertz CT molecular complexity index is 1200. The molecule has 0 saturated carbocycles. The van der Waals surface area contributed by atoms with Crippen LogP contribution in [0.5, 0.6) is 0 Å². The first kappa shape index (κ1) is 18.5. The summed E-state index contributed by atoms with van der Waals surface area (Å²) in [6, 6.07) is 14.7. The van der Waals surface area contributed by atoms with Gasteiger partial charge in [0.25, 0.3) is 0 Å². The van der Waals surface area contributed by atoms with Crippen LogP contribution in [-0.4, -0.2) is 29.3 Å². The van der Waals surface area contributed by atoms with E-state index in [4.69, 9.17) is 15.1 Å². The minimum absolute atomic E-state index is 0.313. The van der Waals surface area contributed by atoms with Crippen LogP contribution in [0.2, 0.25) is 0 Å². The fourth-order valence-electron chi connectivity index (χ4n) is 4.09. The predicted molar refractivity (Wildman–Crippen MR) is 117 cm³/mol. The average Bonchev–Trinajstić information content (AvgIpc) is 3.38.